The molecule has 2 heterocycles. The van der Waals surface area contributed by atoms with Gasteiger partial charge in [0, 0.05) is 31.7 Å². The summed E-state index contributed by atoms with van der Waals surface area (Å²) in [7, 11) is -4.39. The molecule has 4 rings (SSSR count). The topological polar surface area (TPSA) is 100 Å². The molecule has 1 amide bonds. The Bertz CT molecular complexity index is 1150. The lowest BCUT2D eigenvalue weighted by Gasteiger charge is -2.35. The minimum atomic E-state index is -4.79. The number of benzene rings is 1. The third kappa shape index (κ3) is 5.77. The molecule has 0 spiro atoms. The Kier molecular flexibility index (Phi) is 6.63. The molecule has 1 N–H and O–H groups in total. The number of carbonyl (C=O) groups is 1. The monoisotopic (exact) mass is 499 g/mol. The number of alkyl halides is 6. The number of halogens is 6. The van der Waals surface area contributed by atoms with Gasteiger partial charge in [0.25, 0.3) is 5.88 Å². The highest BCUT2D eigenvalue weighted by molar-refractivity contribution is 7.87. The fraction of sp³-hybridized carbons (Fsp3) is 0.333. The van der Waals surface area contributed by atoms with Crippen molar-refractivity contribution in [2.45, 2.75) is 17.8 Å². The van der Waals surface area contributed by atoms with Crippen molar-refractivity contribution in [3.8, 4) is 17.0 Å². The Balaban J connectivity index is 0.000000709. The Morgan fingerprint density at radius 1 is 1.06 bits per heavy atom. The molecule has 1 saturated heterocycles. The summed E-state index contributed by atoms with van der Waals surface area (Å²) in [6.45, 7) is -3.16. The second kappa shape index (κ2) is 8.96. The van der Waals surface area contributed by atoms with Crippen LogP contribution in [-0.4, -0.2) is 62.4 Å². The summed E-state index contributed by atoms with van der Waals surface area (Å²) in [5, 5.41) is 9.03. The number of aromatic nitrogens is 1. The van der Waals surface area contributed by atoms with Gasteiger partial charge in [0.2, 0.25) is 0 Å². The molecular formula is C18H15F6N3O5S. The standard InChI is InChI=1S/C17H14F3N3O5S.CHF3/c18-17(19,20)14-4-2-12(22-5-7-23(8-6-22)16(24)25)15(21-14)28-29(26,27)13-3-1-10-9-11(10)13;2-1(3)4/h1-4,9H,5-8H2,(H,24,25);1H. The number of rotatable bonds is 4. The third-order valence-electron chi connectivity index (χ3n) is 4.69. The van der Waals surface area contributed by atoms with Crippen molar-refractivity contribution in [2.75, 3.05) is 31.1 Å². The van der Waals surface area contributed by atoms with Crippen LogP contribution in [0.15, 0.2) is 35.2 Å². The summed E-state index contributed by atoms with van der Waals surface area (Å²) >= 11 is 0. The number of pyridine rings is 1. The molecule has 0 saturated carbocycles. The van der Waals surface area contributed by atoms with Crippen LogP contribution in [0.5, 0.6) is 5.88 Å². The van der Waals surface area contributed by atoms with Gasteiger partial charge in [-0.05, 0) is 29.8 Å². The van der Waals surface area contributed by atoms with Crippen molar-refractivity contribution >= 4 is 21.9 Å². The van der Waals surface area contributed by atoms with Crippen LogP contribution in [0.4, 0.5) is 36.8 Å². The van der Waals surface area contributed by atoms with Gasteiger partial charge >= 0.3 is 29.1 Å². The summed E-state index contributed by atoms with van der Waals surface area (Å²) in [6, 6.07) is 6.31. The Hall–Kier alpha value is -3.23. The predicted octanol–water partition coefficient (Wildman–Crippen LogP) is 3.83. The fourth-order valence-electron chi connectivity index (χ4n) is 3.12. The molecule has 8 nitrogen and oxygen atoms in total. The van der Waals surface area contributed by atoms with Gasteiger partial charge in [0.15, 0.2) is 0 Å². The molecule has 1 aliphatic heterocycles. The number of fused-ring (bicyclic) bond motifs is 1. The zero-order valence-corrected chi connectivity index (χ0v) is 17.2. The highest BCUT2D eigenvalue weighted by Crippen LogP contribution is 2.42. The van der Waals surface area contributed by atoms with Gasteiger partial charge in [-0.1, -0.05) is 6.07 Å². The SMILES string of the molecule is FC(F)F.O=C(O)N1CCN(c2ccc(C(F)(F)F)nc2OS(=O)(=O)c2ccc3cc2-3)CC1. The van der Waals surface area contributed by atoms with Crippen LogP contribution >= 0.6 is 0 Å². The van der Waals surface area contributed by atoms with Crippen molar-refractivity contribution in [1.29, 1.82) is 0 Å². The first kappa shape index (κ1) is 24.4. The summed E-state index contributed by atoms with van der Waals surface area (Å²) in [6.07, 6.45) is -5.90. The Morgan fingerprint density at radius 2 is 1.67 bits per heavy atom. The minimum Gasteiger partial charge on any atom is -0.465 e. The van der Waals surface area contributed by atoms with Gasteiger partial charge in [-0.2, -0.15) is 34.8 Å². The van der Waals surface area contributed by atoms with Gasteiger partial charge in [-0.15, -0.1) is 0 Å². The fourth-order valence-corrected chi connectivity index (χ4v) is 4.23. The van der Waals surface area contributed by atoms with E-state index < -0.39 is 40.6 Å². The van der Waals surface area contributed by atoms with E-state index in [0.717, 1.165) is 22.6 Å². The van der Waals surface area contributed by atoms with Crippen molar-refractivity contribution in [3.05, 3.63) is 36.0 Å². The average molecular weight is 499 g/mol. The summed E-state index contributed by atoms with van der Waals surface area (Å²) < 4.78 is 98.5. The third-order valence-corrected chi connectivity index (χ3v) is 5.96. The van der Waals surface area contributed by atoms with Gasteiger partial charge in [0.1, 0.15) is 16.3 Å². The lowest BCUT2D eigenvalue weighted by molar-refractivity contribution is -0.141. The number of anilines is 1. The van der Waals surface area contributed by atoms with Crippen LogP contribution < -0.4 is 9.08 Å². The molecule has 15 heteroatoms. The van der Waals surface area contributed by atoms with Crippen LogP contribution in [0.3, 0.4) is 0 Å². The zero-order chi connectivity index (χ0) is 24.6. The first-order valence-electron chi connectivity index (χ1n) is 9.12. The van der Waals surface area contributed by atoms with Crippen LogP contribution in [0, 0.1) is 0 Å². The summed E-state index contributed by atoms with van der Waals surface area (Å²) in [5.41, 5.74) is -0.0496. The molecule has 180 valence electrons. The largest absolute Gasteiger partial charge is 0.465 e. The molecule has 2 aliphatic carbocycles. The molecule has 1 aromatic rings. The van der Waals surface area contributed by atoms with E-state index in [1.807, 2.05) is 0 Å². The number of carboxylic acid groups (broad SMARTS) is 1. The molecule has 1 aromatic heterocycles. The van der Waals surface area contributed by atoms with E-state index in [4.69, 9.17) is 9.29 Å². The van der Waals surface area contributed by atoms with Gasteiger partial charge in [-0.25, -0.2) is 9.78 Å². The van der Waals surface area contributed by atoms with E-state index in [2.05, 4.69) is 4.98 Å². The number of hydrogen-bond acceptors (Lipinski definition) is 6. The van der Waals surface area contributed by atoms with E-state index in [-0.39, 0.29) is 36.8 Å². The average Bonchev–Trinajstić information content (AvgIpc) is 3.34. The molecule has 33 heavy (non-hydrogen) atoms. The molecule has 0 unspecified atom stereocenters. The normalized spacial score (nSPS) is 15.1. The maximum Gasteiger partial charge on any atom is 0.433 e. The van der Waals surface area contributed by atoms with Gasteiger partial charge in [0.05, 0.1) is 0 Å². The van der Waals surface area contributed by atoms with E-state index in [1.54, 1.807) is 17.0 Å². The number of amides is 1. The molecule has 0 aromatic carbocycles. The van der Waals surface area contributed by atoms with E-state index in [9.17, 15) is 39.6 Å². The number of hydrogen-bond donors (Lipinski definition) is 1. The molecule has 0 atom stereocenters. The predicted molar refractivity (Wildman–Crippen MR) is 101 cm³/mol. The molecule has 1 fully saturated rings. The summed E-state index contributed by atoms with van der Waals surface area (Å²) in [4.78, 5) is 17.0. The lowest BCUT2D eigenvalue weighted by Crippen LogP contribution is -2.48. The lowest BCUT2D eigenvalue weighted by atomic mass is 10.2. The number of nitrogens with zero attached hydrogens (tertiary/aromatic N) is 3. The van der Waals surface area contributed by atoms with Crippen LogP contribution in [-0.2, 0) is 16.3 Å². The molecule has 0 radical (unpaired) electrons. The second-order valence-electron chi connectivity index (χ2n) is 6.77. The second-order valence-corrected chi connectivity index (χ2v) is 8.29. The van der Waals surface area contributed by atoms with Crippen LogP contribution in [0.2, 0.25) is 0 Å². The van der Waals surface area contributed by atoms with E-state index >= 15 is 0 Å². The zero-order valence-electron chi connectivity index (χ0n) is 16.4. The van der Waals surface area contributed by atoms with Crippen molar-refractivity contribution in [3.63, 3.8) is 0 Å². The molecular weight excluding hydrogens is 484 g/mol. The molecule has 3 aliphatic rings. The van der Waals surface area contributed by atoms with Crippen molar-refractivity contribution < 1.29 is 48.8 Å². The van der Waals surface area contributed by atoms with Crippen LogP contribution in [0.25, 0.3) is 11.1 Å². The van der Waals surface area contributed by atoms with Crippen molar-refractivity contribution in [2.24, 2.45) is 0 Å². The van der Waals surface area contributed by atoms with E-state index in [1.165, 1.54) is 6.07 Å². The van der Waals surface area contributed by atoms with Crippen LogP contribution in [0.1, 0.15) is 5.69 Å². The first-order chi connectivity index (χ1) is 15.3. The van der Waals surface area contributed by atoms with Gasteiger partial charge in [-0.3, -0.25) is 0 Å². The van der Waals surface area contributed by atoms with Gasteiger partial charge < -0.3 is 19.1 Å². The maximum absolute atomic E-state index is 13.1. The van der Waals surface area contributed by atoms with E-state index in [0.29, 0.717) is 5.56 Å². The maximum atomic E-state index is 13.1. The highest BCUT2D eigenvalue weighted by atomic mass is 32.2. The smallest absolute Gasteiger partial charge is 0.433 e. The quantitative estimate of drug-likeness (QED) is 0.430. The first-order valence-corrected chi connectivity index (χ1v) is 10.5. The van der Waals surface area contributed by atoms with Crippen molar-refractivity contribution in [1.82, 2.24) is 9.88 Å². The number of piperazine rings is 1. The summed E-state index contributed by atoms with van der Waals surface area (Å²) in [5.74, 6) is -0.695. The Morgan fingerprint density at radius 3 is 2.12 bits per heavy atom. The Labute approximate surface area is 183 Å². The highest BCUT2D eigenvalue weighted by Gasteiger charge is 2.36. The molecule has 0 bridgehead atoms. The minimum absolute atomic E-state index is 0.0446.